The Morgan fingerprint density at radius 1 is 1.48 bits per heavy atom. The fourth-order valence-electron chi connectivity index (χ4n) is 3.28. The van der Waals surface area contributed by atoms with Gasteiger partial charge in [0.25, 0.3) is 5.91 Å². The summed E-state index contributed by atoms with van der Waals surface area (Å²) >= 11 is 0. The molecule has 2 aliphatic heterocycles. The number of rotatable bonds is 1. The predicted octanol–water partition coefficient (Wildman–Crippen LogP) is 0.849. The maximum atomic E-state index is 12.6. The van der Waals surface area contributed by atoms with Crippen LogP contribution in [0.2, 0.25) is 0 Å². The molecule has 2 saturated heterocycles. The lowest BCUT2D eigenvalue weighted by molar-refractivity contribution is -0.123. The van der Waals surface area contributed by atoms with E-state index in [9.17, 15) is 9.90 Å². The number of aromatic nitrogens is 2. The molecule has 0 radical (unpaired) electrons. The van der Waals surface area contributed by atoms with Gasteiger partial charge < -0.3 is 14.7 Å². The van der Waals surface area contributed by atoms with E-state index in [-0.39, 0.29) is 5.91 Å². The van der Waals surface area contributed by atoms with Gasteiger partial charge in [-0.2, -0.15) is 0 Å². The van der Waals surface area contributed by atoms with Gasteiger partial charge in [-0.3, -0.25) is 4.79 Å². The van der Waals surface area contributed by atoms with Crippen molar-refractivity contribution in [2.45, 2.75) is 44.8 Å². The molecule has 1 N–H and O–H groups in total. The number of aliphatic hydroxyl groups excluding tert-OH is 1. The van der Waals surface area contributed by atoms with Gasteiger partial charge in [0, 0.05) is 25.9 Å². The molecule has 114 valence electrons. The van der Waals surface area contributed by atoms with Gasteiger partial charge in [0.1, 0.15) is 11.9 Å². The minimum absolute atomic E-state index is 0.112. The molecule has 21 heavy (non-hydrogen) atoms. The van der Waals surface area contributed by atoms with Gasteiger partial charge in [-0.1, -0.05) is 0 Å². The number of ether oxygens (including phenoxy) is 1. The van der Waals surface area contributed by atoms with Crippen LogP contribution in [0.15, 0.2) is 6.20 Å². The van der Waals surface area contributed by atoms with E-state index >= 15 is 0 Å². The number of carbonyl (C=O) groups is 1. The number of aryl methyl sites for hydroxylation is 2. The summed E-state index contributed by atoms with van der Waals surface area (Å²) in [5.74, 6) is 0.542. The van der Waals surface area contributed by atoms with E-state index in [1.807, 2.05) is 6.92 Å². The lowest BCUT2D eigenvalue weighted by Gasteiger charge is -2.42. The molecule has 1 aromatic rings. The van der Waals surface area contributed by atoms with Crippen molar-refractivity contribution in [3.8, 4) is 0 Å². The Labute approximate surface area is 124 Å². The Balaban J connectivity index is 1.75. The number of β-amino-alcohol motifs (C(OH)–C–C–N with tert-alkyl or cyclic N) is 1. The minimum Gasteiger partial charge on any atom is -0.388 e. The number of likely N-dealkylation sites (tertiary alicyclic amines) is 1. The van der Waals surface area contributed by atoms with Crippen LogP contribution in [0.4, 0.5) is 0 Å². The Hall–Kier alpha value is -1.53. The van der Waals surface area contributed by atoms with Crippen molar-refractivity contribution in [3.05, 3.63) is 23.3 Å². The summed E-state index contributed by atoms with van der Waals surface area (Å²) < 4.78 is 5.75. The SMILES string of the molecule is Cc1ncc(C(=O)N2CC[C@@]3(CCCO3)[C@@H](O)C2)c(C)n1. The lowest BCUT2D eigenvalue weighted by atomic mass is 9.86. The van der Waals surface area contributed by atoms with Crippen molar-refractivity contribution in [1.29, 1.82) is 0 Å². The summed E-state index contributed by atoms with van der Waals surface area (Å²) in [6, 6.07) is 0. The van der Waals surface area contributed by atoms with Gasteiger partial charge in [-0.25, -0.2) is 9.97 Å². The number of nitrogens with zero attached hydrogens (tertiary/aromatic N) is 3. The summed E-state index contributed by atoms with van der Waals surface area (Å²) in [4.78, 5) is 22.6. The van der Waals surface area contributed by atoms with Crippen molar-refractivity contribution in [2.75, 3.05) is 19.7 Å². The quantitative estimate of drug-likeness (QED) is 0.830. The zero-order valence-electron chi connectivity index (χ0n) is 12.5. The van der Waals surface area contributed by atoms with E-state index in [1.165, 1.54) is 0 Å². The van der Waals surface area contributed by atoms with Gasteiger partial charge in [-0.15, -0.1) is 0 Å². The Morgan fingerprint density at radius 3 is 2.90 bits per heavy atom. The van der Waals surface area contributed by atoms with Gasteiger partial charge in [-0.05, 0) is 33.1 Å². The number of piperidine rings is 1. The second-order valence-electron chi connectivity index (χ2n) is 5.95. The number of amides is 1. The summed E-state index contributed by atoms with van der Waals surface area (Å²) in [5, 5.41) is 10.4. The van der Waals surface area contributed by atoms with Crippen LogP contribution in [-0.2, 0) is 4.74 Å². The van der Waals surface area contributed by atoms with Crippen LogP contribution in [0.5, 0.6) is 0 Å². The highest BCUT2D eigenvalue weighted by Crippen LogP contribution is 2.36. The summed E-state index contributed by atoms with van der Waals surface area (Å²) in [6.45, 7) is 5.22. The number of aliphatic hydroxyl groups is 1. The van der Waals surface area contributed by atoms with Crippen LogP contribution in [0.1, 0.15) is 41.1 Å². The summed E-state index contributed by atoms with van der Waals surface area (Å²) in [7, 11) is 0. The van der Waals surface area contributed by atoms with Gasteiger partial charge in [0.15, 0.2) is 0 Å². The molecule has 0 bridgehead atoms. The summed E-state index contributed by atoms with van der Waals surface area (Å²) in [5.41, 5.74) is 0.755. The van der Waals surface area contributed by atoms with Gasteiger partial charge >= 0.3 is 0 Å². The Kier molecular flexibility index (Phi) is 3.67. The second-order valence-corrected chi connectivity index (χ2v) is 5.95. The minimum atomic E-state index is -0.621. The first-order valence-corrected chi connectivity index (χ1v) is 7.43. The standard InChI is InChI=1S/C15H21N3O3/c1-10-12(8-16-11(2)17-10)14(20)18-6-5-15(13(19)9-18)4-3-7-21-15/h8,13,19H,3-7,9H2,1-2H3/t13-,15-/m0/s1. The molecule has 1 amide bonds. The summed E-state index contributed by atoms with van der Waals surface area (Å²) in [6.07, 6.45) is 3.50. The zero-order chi connectivity index (χ0) is 15.0. The fraction of sp³-hybridized carbons (Fsp3) is 0.667. The third kappa shape index (κ3) is 2.53. The molecule has 0 aliphatic carbocycles. The van der Waals surface area contributed by atoms with Crippen LogP contribution in [0, 0.1) is 13.8 Å². The van der Waals surface area contributed by atoms with Crippen LogP contribution < -0.4 is 0 Å². The maximum Gasteiger partial charge on any atom is 0.257 e. The van der Waals surface area contributed by atoms with Crippen LogP contribution >= 0.6 is 0 Å². The third-order valence-corrected chi connectivity index (χ3v) is 4.56. The molecule has 1 aromatic heterocycles. The molecule has 6 nitrogen and oxygen atoms in total. The highest BCUT2D eigenvalue weighted by Gasteiger charge is 2.46. The van der Waals surface area contributed by atoms with Crippen molar-refractivity contribution in [2.24, 2.45) is 0 Å². The van der Waals surface area contributed by atoms with E-state index in [2.05, 4.69) is 9.97 Å². The highest BCUT2D eigenvalue weighted by molar-refractivity contribution is 5.95. The molecule has 1 spiro atoms. The first-order valence-electron chi connectivity index (χ1n) is 7.43. The first-order chi connectivity index (χ1) is 10.0. The molecule has 6 heteroatoms. The number of hydrogen-bond donors (Lipinski definition) is 1. The van der Waals surface area contributed by atoms with E-state index in [1.54, 1.807) is 18.0 Å². The molecular formula is C15H21N3O3. The normalized spacial score (nSPS) is 29.1. The van der Waals surface area contributed by atoms with Crippen molar-refractivity contribution in [1.82, 2.24) is 14.9 Å². The van der Waals surface area contributed by atoms with Gasteiger partial charge in [0.05, 0.1) is 16.9 Å². The Bertz CT molecular complexity index is 555. The molecule has 0 saturated carbocycles. The maximum absolute atomic E-state index is 12.6. The topological polar surface area (TPSA) is 75.6 Å². The molecule has 2 atom stereocenters. The largest absolute Gasteiger partial charge is 0.388 e. The van der Waals surface area contributed by atoms with Crippen LogP contribution in [-0.4, -0.2) is 57.3 Å². The van der Waals surface area contributed by atoms with Crippen molar-refractivity contribution >= 4 is 5.91 Å². The first kappa shape index (κ1) is 14.4. The number of hydrogen-bond acceptors (Lipinski definition) is 5. The average Bonchev–Trinajstić information content (AvgIpc) is 2.91. The van der Waals surface area contributed by atoms with Crippen molar-refractivity contribution < 1.29 is 14.6 Å². The molecule has 3 heterocycles. The molecule has 2 aliphatic rings. The molecule has 0 aromatic carbocycles. The zero-order valence-corrected chi connectivity index (χ0v) is 12.5. The van der Waals surface area contributed by atoms with Gasteiger partial charge in [0.2, 0.25) is 0 Å². The third-order valence-electron chi connectivity index (χ3n) is 4.56. The average molecular weight is 291 g/mol. The highest BCUT2D eigenvalue weighted by atomic mass is 16.5. The van der Waals surface area contributed by atoms with E-state index < -0.39 is 11.7 Å². The monoisotopic (exact) mass is 291 g/mol. The predicted molar refractivity (Wildman–Crippen MR) is 76.0 cm³/mol. The smallest absolute Gasteiger partial charge is 0.257 e. The van der Waals surface area contributed by atoms with E-state index in [0.717, 1.165) is 12.8 Å². The van der Waals surface area contributed by atoms with E-state index in [4.69, 9.17) is 4.74 Å². The lowest BCUT2D eigenvalue weighted by Crippen LogP contribution is -2.56. The van der Waals surface area contributed by atoms with Crippen molar-refractivity contribution in [3.63, 3.8) is 0 Å². The fourth-order valence-corrected chi connectivity index (χ4v) is 3.28. The second kappa shape index (κ2) is 5.35. The molecular weight excluding hydrogens is 270 g/mol. The molecule has 0 unspecified atom stereocenters. The Morgan fingerprint density at radius 2 is 2.29 bits per heavy atom. The number of carbonyl (C=O) groups excluding carboxylic acids is 1. The molecule has 2 fully saturated rings. The molecule has 3 rings (SSSR count). The van der Waals surface area contributed by atoms with E-state index in [0.29, 0.717) is 43.2 Å². The van der Waals surface area contributed by atoms with Crippen LogP contribution in [0.25, 0.3) is 0 Å². The van der Waals surface area contributed by atoms with Crippen LogP contribution in [0.3, 0.4) is 0 Å².